The predicted octanol–water partition coefficient (Wildman–Crippen LogP) is 8.14. The molecule has 1 aromatic heterocycles. The zero-order valence-electron chi connectivity index (χ0n) is 23.5. The van der Waals surface area contributed by atoms with Gasteiger partial charge in [-0.25, -0.2) is 9.78 Å². The van der Waals surface area contributed by atoms with Crippen molar-refractivity contribution in [1.29, 1.82) is 0 Å². The van der Waals surface area contributed by atoms with Gasteiger partial charge in [0.25, 0.3) is 5.56 Å². The van der Waals surface area contributed by atoms with E-state index in [1.54, 1.807) is 35.8 Å². The summed E-state index contributed by atoms with van der Waals surface area (Å²) in [5.74, 6) is 0.337. The van der Waals surface area contributed by atoms with Crippen LogP contribution in [0.3, 0.4) is 0 Å². The first-order valence-electron chi connectivity index (χ1n) is 14.0. The van der Waals surface area contributed by atoms with Gasteiger partial charge in [0.2, 0.25) is 0 Å². The number of aryl methyl sites for hydroxylation is 1. The SMILES string of the molecule is CCCCCCN(C(=O)Nc1ccccc1C(F)(F)F)C(C)c1nc2ccccc2c(=O)n1-c1ccccc1CC. The highest BCUT2D eigenvalue weighted by Crippen LogP contribution is 2.35. The number of urea groups is 1. The number of hydrogen-bond donors (Lipinski definition) is 1. The van der Waals surface area contributed by atoms with Gasteiger partial charge in [0, 0.05) is 6.54 Å². The van der Waals surface area contributed by atoms with Crippen molar-refractivity contribution < 1.29 is 18.0 Å². The number of hydrogen-bond acceptors (Lipinski definition) is 3. The summed E-state index contributed by atoms with van der Waals surface area (Å²) in [6.07, 6.45) is -0.521. The molecule has 41 heavy (non-hydrogen) atoms. The van der Waals surface area contributed by atoms with E-state index in [4.69, 9.17) is 4.98 Å². The van der Waals surface area contributed by atoms with E-state index in [9.17, 15) is 22.8 Å². The van der Waals surface area contributed by atoms with Crippen molar-refractivity contribution in [2.24, 2.45) is 0 Å². The van der Waals surface area contributed by atoms with Crippen molar-refractivity contribution in [3.05, 3.63) is 100 Å². The molecule has 1 atom stereocenters. The first-order chi connectivity index (χ1) is 19.7. The van der Waals surface area contributed by atoms with Crippen molar-refractivity contribution in [2.75, 3.05) is 11.9 Å². The minimum Gasteiger partial charge on any atom is -0.315 e. The van der Waals surface area contributed by atoms with Gasteiger partial charge in [-0.05, 0) is 55.7 Å². The summed E-state index contributed by atoms with van der Waals surface area (Å²) in [6.45, 7) is 6.10. The van der Waals surface area contributed by atoms with Crippen molar-refractivity contribution in [1.82, 2.24) is 14.5 Å². The van der Waals surface area contributed by atoms with E-state index in [-0.39, 0.29) is 17.8 Å². The molecule has 6 nitrogen and oxygen atoms in total. The Bertz CT molecular complexity index is 1560. The second-order valence-electron chi connectivity index (χ2n) is 10.0. The molecule has 0 radical (unpaired) electrons. The molecule has 9 heteroatoms. The van der Waals surface area contributed by atoms with Crippen LogP contribution in [0.25, 0.3) is 16.6 Å². The molecule has 0 saturated carbocycles. The van der Waals surface area contributed by atoms with Crippen molar-refractivity contribution in [3.8, 4) is 5.69 Å². The smallest absolute Gasteiger partial charge is 0.315 e. The van der Waals surface area contributed by atoms with E-state index >= 15 is 0 Å². The van der Waals surface area contributed by atoms with E-state index in [2.05, 4.69) is 12.2 Å². The van der Waals surface area contributed by atoms with Gasteiger partial charge in [-0.2, -0.15) is 13.2 Å². The van der Waals surface area contributed by atoms with Crippen LogP contribution < -0.4 is 10.9 Å². The lowest BCUT2D eigenvalue weighted by Gasteiger charge is -2.31. The molecular weight excluding hydrogens is 529 g/mol. The third-order valence-corrected chi connectivity index (χ3v) is 7.24. The molecule has 1 N–H and O–H groups in total. The minimum atomic E-state index is -4.63. The fourth-order valence-electron chi connectivity index (χ4n) is 5.04. The summed E-state index contributed by atoms with van der Waals surface area (Å²) in [4.78, 5) is 34.0. The Morgan fingerprint density at radius 1 is 0.951 bits per heavy atom. The van der Waals surface area contributed by atoms with Crippen LogP contribution in [0, 0.1) is 0 Å². The number of benzene rings is 3. The number of aromatic nitrogens is 2. The van der Waals surface area contributed by atoms with Crippen LogP contribution in [0.2, 0.25) is 0 Å². The Morgan fingerprint density at radius 3 is 2.37 bits per heavy atom. The van der Waals surface area contributed by atoms with Crippen LogP contribution >= 0.6 is 0 Å². The molecule has 4 aromatic rings. The first-order valence-corrected chi connectivity index (χ1v) is 14.0. The molecule has 3 aromatic carbocycles. The van der Waals surface area contributed by atoms with E-state index in [1.807, 2.05) is 31.2 Å². The molecular formula is C32H35F3N4O2. The average Bonchev–Trinajstić information content (AvgIpc) is 2.96. The lowest BCUT2D eigenvalue weighted by Crippen LogP contribution is -2.41. The minimum absolute atomic E-state index is 0.271. The van der Waals surface area contributed by atoms with E-state index in [0.29, 0.717) is 35.3 Å². The van der Waals surface area contributed by atoms with E-state index in [0.717, 1.165) is 30.9 Å². The number of nitrogens with one attached hydrogen (secondary N) is 1. The van der Waals surface area contributed by atoms with Crippen molar-refractivity contribution in [2.45, 2.75) is 65.1 Å². The van der Waals surface area contributed by atoms with Crippen LogP contribution in [-0.4, -0.2) is 27.0 Å². The number of fused-ring (bicyclic) bond motifs is 1. The number of carbonyl (C=O) groups is 1. The Hall–Kier alpha value is -4.14. The monoisotopic (exact) mass is 564 g/mol. The number of amides is 2. The molecule has 0 aliphatic heterocycles. The maximum atomic E-state index is 13.9. The lowest BCUT2D eigenvalue weighted by atomic mass is 10.1. The molecule has 1 unspecified atom stereocenters. The Kier molecular flexibility index (Phi) is 9.47. The number of carbonyl (C=O) groups excluding carboxylic acids is 1. The highest BCUT2D eigenvalue weighted by Gasteiger charge is 2.35. The van der Waals surface area contributed by atoms with Crippen LogP contribution in [0.15, 0.2) is 77.6 Å². The molecule has 4 rings (SSSR count). The van der Waals surface area contributed by atoms with Gasteiger partial charge in [-0.1, -0.05) is 75.6 Å². The number of alkyl halides is 3. The molecule has 0 bridgehead atoms. The van der Waals surface area contributed by atoms with Crippen LogP contribution in [0.4, 0.5) is 23.7 Å². The number of unbranched alkanes of at least 4 members (excludes halogenated alkanes) is 3. The summed E-state index contributed by atoms with van der Waals surface area (Å²) < 4.78 is 42.7. The third-order valence-electron chi connectivity index (χ3n) is 7.24. The molecule has 0 aliphatic rings. The molecule has 0 spiro atoms. The predicted molar refractivity (Wildman–Crippen MR) is 156 cm³/mol. The summed E-state index contributed by atoms with van der Waals surface area (Å²) in [5.41, 5.74) is 0.554. The summed E-state index contributed by atoms with van der Waals surface area (Å²) in [7, 11) is 0. The number of rotatable bonds is 10. The molecule has 0 fully saturated rings. The summed E-state index contributed by atoms with van der Waals surface area (Å²) in [5, 5.41) is 2.93. The third kappa shape index (κ3) is 6.61. The second-order valence-corrected chi connectivity index (χ2v) is 10.0. The lowest BCUT2D eigenvalue weighted by molar-refractivity contribution is -0.136. The quantitative estimate of drug-likeness (QED) is 0.198. The summed E-state index contributed by atoms with van der Waals surface area (Å²) >= 11 is 0. The zero-order chi connectivity index (χ0) is 29.6. The average molecular weight is 565 g/mol. The largest absolute Gasteiger partial charge is 0.418 e. The van der Waals surface area contributed by atoms with Crippen molar-refractivity contribution >= 4 is 22.6 Å². The fraction of sp³-hybridized carbons (Fsp3) is 0.344. The topological polar surface area (TPSA) is 67.2 Å². The van der Waals surface area contributed by atoms with Crippen LogP contribution in [0.1, 0.15) is 69.4 Å². The maximum absolute atomic E-state index is 13.9. The van der Waals surface area contributed by atoms with Crippen molar-refractivity contribution in [3.63, 3.8) is 0 Å². The number of anilines is 1. The fourth-order valence-corrected chi connectivity index (χ4v) is 5.04. The Balaban J connectivity index is 1.84. The highest BCUT2D eigenvalue weighted by atomic mass is 19.4. The van der Waals surface area contributed by atoms with Crippen LogP contribution in [0.5, 0.6) is 0 Å². The van der Waals surface area contributed by atoms with Gasteiger partial charge in [0.1, 0.15) is 5.82 Å². The van der Waals surface area contributed by atoms with Gasteiger partial charge in [-0.15, -0.1) is 0 Å². The standard InChI is InChI=1S/C32H35F3N4O2/c1-4-6-7-14-21-38(31(41)37-27-19-12-10-17-25(27)32(33,34)35)22(3)29-36-26-18-11-9-16-24(26)30(40)39(29)28-20-13-8-15-23(28)5-2/h8-13,15-20,22H,4-7,14,21H2,1-3H3,(H,37,41). The highest BCUT2D eigenvalue weighted by molar-refractivity contribution is 5.90. The molecule has 0 aliphatic carbocycles. The maximum Gasteiger partial charge on any atom is 0.418 e. The molecule has 2 amide bonds. The first kappa shape index (κ1) is 29.8. The second kappa shape index (κ2) is 13.0. The normalized spacial score (nSPS) is 12.3. The van der Waals surface area contributed by atoms with Gasteiger partial charge < -0.3 is 10.2 Å². The van der Waals surface area contributed by atoms with Gasteiger partial charge in [0.15, 0.2) is 0 Å². The molecule has 1 heterocycles. The van der Waals surface area contributed by atoms with Gasteiger partial charge >= 0.3 is 12.2 Å². The Morgan fingerprint density at radius 2 is 1.63 bits per heavy atom. The number of halogens is 3. The number of nitrogens with zero attached hydrogens (tertiary/aromatic N) is 3. The Labute approximate surface area is 237 Å². The molecule has 0 saturated heterocycles. The van der Waals surface area contributed by atoms with E-state index in [1.165, 1.54) is 23.1 Å². The van der Waals surface area contributed by atoms with E-state index < -0.39 is 23.8 Å². The van der Waals surface area contributed by atoms with Gasteiger partial charge in [0.05, 0.1) is 33.9 Å². The molecule has 216 valence electrons. The number of para-hydroxylation sites is 3. The zero-order valence-corrected chi connectivity index (χ0v) is 23.5. The van der Waals surface area contributed by atoms with Crippen LogP contribution in [-0.2, 0) is 12.6 Å². The summed E-state index contributed by atoms with van der Waals surface area (Å²) in [6, 6.07) is 18.0. The van der Waals surface area contributed by atoms with Gasteiger partial charge in [-0.3, -0.25) is 9.36 Å².